The summed E-state index contributed by atoms with van der Waals surface area (Å²) in [5.74, 6) is 0. The highest BCUT2D eigenvalue weighted by Crippen LogP contribution is 2.07. The molecule has 2 atom stereocenters. The fourth-order valence-corrected chi connectivity index (χ4v) is 1.43. The van der Waals surface area contributed by atoms with Crippen LogP contribution in [0.15, 0.2) is 0 Å². The van der Waals surface area contributed by atoms with E-state index in [2.05, 4.69) is 10.2 Å². The van der Waals surface area contributed by atoms with E-state index < -0.39 is 0 Å². The van der Waals surface area contributed by atoms with Gasteiger partial charge in [0.25, 0.3) is 0 Å². The Hall–Kier alpha value is -0.120. The highest BCUT2D eigenvalue weighted by Gasteiger charge is 2.23. The third-order valence-electron chi connectivity index (χ3n) is 2.16. The van der Waals surface area contributed by atoms with Gasteiger partial charge in [0.05, 0.1) is 6.10 Å². The van der Waals surface area contributed by atoms with Gasteiger partial charge in [-0.3, -0.25) is 0 Å². The zero-order valence-corrected chi connectivity index (χ0v) is 6.67. The van der Waals surface area contributed by atoms with Crippen LogP contribution in [0.3, 0.4) is 0 Å². The van der Waals surface area contributed by atoms with Crippen molar-refractivity contribution in [3.8, 4) is 0 Å². The second-order valence-electron chi connectivity index (χ2n) is 3.01. The van der Waals surface area contributed by atoms with E-state index in [1.165, 1.54) is 0 Å². The summed E-state index contributed by atoms with van der Waals surface area (Å²) in [4.78, 5) is 2.15. The first kappa shape index (κ1) is 7.98. The molecule has 0 aromatic rings. The number of likely N-dealkylation sites (tertiary alicyclic amines) is 1. The van der Waals surface area contributed by atoms with E-state index in [0.29, 0.717) is 6.04 Å². The summed E-state index contributed by atoms with van der Waals surface area (Å²) < 4.78 is 0. The Morgan fingerprint density at radius 2 is 2.30 bits per heavy atom. The number of piperidine rings is 1. The van der Waals surface area contributed by atoms with Crippen molar-refractivity contribution >= 4 is 0 Å². The summed E-state index contributed by atoms with van der Waals surface area (Å²) in [6.07, 6.45) is 0.859. The molecule has 0 radical (unpaired) electrons. The summed E-state index contributed by atoms with van der Waals surface area (Å²) in [7, 11) is 3.94. The van der Waals surface area contributed by atoms with Gasteiger partial charge in [-0.15, -0.1) is 0 Å². The highest BCUT2D eigenvalue weighted by molar-refractivity contribution is 4.82. The molecule has 3 heteroatoms. The van der Waals surface area contributed by atoms with Crippen molar-refractivity contribution < 1.29 is 5.11 Å². The summed E-state index contributed by atoms with van der Waals surface area (Å²) in [6.45, 7) is 1.88. The molecule has 0 aromatic carbocycles. The fourth-order valence-electron chi connectivity index (χ4n) is 1.43. The third kappa shape index (κ3) is 1.68. The molecular formula is C7H16N2O. The van der Waals surface area contributed by atoms with E-state index in [0.717, 1.165) is 19.5 Å². The monoisotopic (exact) mass is 144 g/mol. The maximum absolute atomic E-state index is 9.44. The molecule has 0 unspecified atom stereocenters. The standard InChI is InChI=1S/C7H16N2O/c1-8-6-3-4-9(2)5-7(6)10/h6-8,10H,3-5H2,1-2H3/t6-,7-/m0/s1. The molecule has 60 valence electrons. The number of hydrogen-bond acceptors (Lipinski definition) is 3. The quantitative estimate of drug-likeness (QED) is 0.509. The molecule has 1 rings (SSSR count). The summed E-state index contributed by atoms with van der Waals surface area (Å²) in [6, 6.07) is 0.302. The van der Waals surface area contributed by atoms with E-state index >= 15 is 0 Å². The minimum atomic E-state index is -0.191. The van der Waals surface area contributed by atoms with Crippen molar-refractivity contribution in [2.45, 2.75) is 18.6 Å². The molecule has 0 spiro atoms. The van der Waals surface area contributed by atoms with Gasteiger partial charge in [0.1, 0.15) is 0 Å². The average Bonchev–Trinajstić information content (AvgIpc) is 1.88. The molecule has 1 saturated heterocycles. The van der Waals surface area contributed by atoms with Gasteiger partial charge >= 0.3 is 0 Å². The maximum Gasteiger partial charge on any atom is 0.0820 e. The Labute approximate surface area is 62.0 Å². The molecule has 0 aliphatic carbocycles. The van der Waals surface area contributed by atoms with Crippen LogP contribution in [0.25, 0.3) is 0 Å². The number of likely N-dealkylation sites (N-methyl/N-ethyl adjacent to an activating group) is 2. The zero-order chi connectivity index (χ0) is 7.56. The van der Waals surface area contributed by atoms with Crippen LogP contribution in [0.2, 0.25) is 0 Å². The lowest BCUT2D eigenvalue weighted by Gasteiger charge is -2.33. The minimum absolute atomic E-state index is 0.191. The van der Waals surface area contributed by atoms with Crippen molar-refractivity contribution in [2.24, 2.45) is 0 Å². The first-order valence-corrected chi connectivity index (χ1v) is 3.78. The maximum atomic E-state index is 9.44. The van der Waals surface area contributed by atoms with E-state index in [1.54, 1.807) is 0 Å². The van der Waals surface area contributed by atoms with Crippen molar-refractivity contribution in [3.05, 3.63) is 0 Å². The van der Waals surface area contributed by atoms with Crippen molar-refractivity contribution in [2.75, 3.05) is 27.2 Å². The van der Waals surface area contributed by atoms with Crippen LogP contribution in [0, 0.1) is 0 Å². The number of nitrogens with one attached hydrogen (secondary N) is 1. The van der Waals surface area contributed by atoms with Crippen LogP contribution in [0.5, 0.6) is 0 Å². The molecule has 0 amide bonds. The zero-order valence-electron chi connectivity index (χ0n) is 6.67. The minimum Gasteiger partial charge on any atom is -0.390 e. The van der Waals surface area contributed by atoms with Crippen LogP contribution in [-0.2, 0) is 0 Å². The molecule has 0 saturated carbocycles. The van der Waals surface area contributed by atoms with Crippen LogP contribution >= 0.6 is 0 Å². The molecule has 0 aromatic heterocycles. The van der Waals surface area contributed by atoms with Crippen LogP contribution in [0.4, 0.5) is 0 Å². The van der Waals surface area contributed by atoms with Crippen LogP contribution in [0.1, 0.15) is 6.42 Å². The van der Waals surface area contributed by atoms with E-state index in [9.17, 15) is 5.11 Å². The molecule has 10 heavy (non-hydrogen) atoms. The van der Waals surface area contributed by atoms with Gasteiger partial charge in [0.2, 0.25) is 0 Å². The number of nitrogens with zero attached hydrogens (tertiary/aromatic N) is 1. The lowest BCUT2D eigenvalue weighted by atomic mass is 10.0. The SMILES string of the molecule is CN[C@H]1CCN(C)C[C@@H]1O. The smallest absolute Gasteiger partial charge is 0.0820 e. The summed E-state index contributed by atoms with van der Waals surface area (Å²) in [5.41, 5.74) is 0. The predicted octanol–water partition coefficient (Wildman–Crippen LogP) is -0.729. The third-order valence-corrected chi connectivity index (χ3v) is 2.16. The van der Waals surface area contributed by atoms with Gasteiger partial charge in [0, 0.05) is 12.6 Å². The predicted molar refractivity (Wildman–Crippen MR) is 41.0 cm³/mol. The molecule has 2 N–H and O–H groups in total. The highest BCUT2D eigenvalue weighted by atomic mass is 16.3. The Morgan fingerprint density at radius 1 is 1.60 bits per heavy atom. The topological polar surface area (TPSA) is 35.5 Å². The lowest BCUT2D eigenvalue weighted by Crippen LogP contribution is -2.50. The average molecular weight is 144 g/mol. The van der Waals surface area contributed by atoms with Gasteiger partial charge in [0.15, 0.2) is 0 Å². The second-order valence-corrected chi connectivity index (χ2v) is 3.01. The van der Waals surface area contributed by atoms with E-state index in [-0.39, 0.29) is 6.10 Å². The lowest BCUT2D eigenvalue weighted by molar-refractivity contribution is 0.0549. The van der Waals surface area contributed by atoms with Crippen molar-refractivity contribution in [3.63, 3.8) is 0 Å². The molecule has 3 nitrogen and oxygen atoms in total. The summed E-state index contributed by atoms with van der Waals surface area (Å²) in [5, 5.41) is 12.5. The molecule has 1 aliphatic rings. The number of aliphatic hydroxyl groups is 1. The Bertz CT molecular complexity index is 108. The Morgan fingerprint density at radius 3 is 2.80 bits per heavy atom. The molecule has 0 bridgehead atoms. The number of hydrogen-bond donors (Lipinski definition) is 2. The Balaban J connectivity index is 2.36. The van der Waals surface area contributed by atoms with Crippen LogP contribution < -0.4 is 5.32 Å². The van der Waals surface area contributed by atoms with Crippen LogP contribution in [-0.4, -0.2) is 49.3 Å². The molecule has 1 aliphatic heterocycles. The van der Waals surface area contributed by atoms with Gasteiger partial charge < -0.3 is 15.3 Å². The van der Waals surface area contributed by atoms with Gasteiger partial charge in [-0.05, 0) is 27.1 Å². The van der Waals surface area contributed by atoms with E-state index in [1.807, 2.05) is 14.1 Å². The first-order valence-electron chi connectivity index (χ1n) is 3.78. The molecular weight excluding hydrogens is 128 g/mol. The van der Waals surface area contributed by atoms with E-state index in [4.69, 9.17) is 0 Å². The first-order chi connectivity index (χ1) is 4.74. The van der Waals surface area contributed by atoms with Crippen molar-refractivity contribution in [1.82, 2.24) is 10.2 Å². The number of aliphatic hydroxyl groups excluding tert-OH is 1. The largest absolute Gasteiger partial charge is 0.390 e. The van der Waals surface area contributed by atoms with Crippen molar-refractivity contribution in [1.29, 1.82) is 0 Å². The van der Waals surface area contributed by atoms with Gasteiger partial charge in [-0.1, -0.05) is 0 Å². The molecule has 1 heterocycles. The number of β-amino-alcohol motifs (C(OH)–C–C–N with tert-alkyl or cyclic N) is 1. The summed E-state index contributed by atoms with van der Waals surface area (Å²) >= 11 is 0. The second kappa shape index (κ2) is 3.32. The normalized spacial score (nSPS) is 36.3. The number of rotatable bonds is 1. The molecule has 1 fully saturated rings. The van der Waals surface area contributed by atoms with Gasteiger partial charge in [-0.2, -0.15) is 0 Å². The Kier molecular flexibility index (Phi) is 2.65. The van der Waals surface area contributed by atoms with Gasteiger partial charge in [-0.25, -0.2) is 0 Å². The fraction of sp³-hybridized carbons (Fsp3) is 1.00.